The Balaban J connectivity index is 1.64. The second-order valence-electron chi connectivity index (χ2n) is 10.0. The molecular weight excluding hydrogens is 571 g/mol. The number of nitrogens with two attached hydrogens (primary N) is 1. The molecule has 0 unspecified atom stereocenters. The van der Waals surface area contributed by atoms with E-state index in [-0.39, 0.29) is 36.3 Å². The van der Waals surface area contributed by atoms with Crippen molar-refractivity contribution in [3.8, 4) is 0 Å². The van der Waals surface area contributed by atoms with Gasteiger partial charge >= 0.3 is 5.97 Å². The number of fused-ring (bicyclic) bond motifs is 1. The molecule has 0 atom stereocenters. The molecule has 0 radical (unpaired) electrons. The van der Waals surface area contributed by atoms with Crippen LogP contribution in [-0.4, -0.2) is 40.4 Å². The first-order valence-electron chi connectivity index (χ1n) is 14.3. The van der Waals surface area contributed by atoms with Crippen molar-refractivity contribution in [3.05, 3.63) is 88.5 Å². The Morgan fingerprint density at radius 1 is 1.07 bits per heavy atom. The molecule has 3 aromatic carbocycles. The summed E-state index contributed by atoms with van der Waals surface area (Å²) in [5.41, 5.74) is 9.38. The first kappa shape index (κ1) is 31.5. The number of halogens is 2. The maximum absolute atomic E-state index is 13.9. The first-order valence-corrected chi connectivity index (χ1v) is 14.7. The molecule has 1 amide bonds. The maximum atomic E-state index is 13.9. The van der Waals surface area contributed by atoms with E-state index in [0.29, 0.717) is 28.9 Å². The summed E-state index contributed by atoms with van der Waals surface area (Å²) in [4.78, 5) is 32.2. The van der Waals surface area contributed by atoms with E-state index < -0.39 is 11.8 Å². The van der Waals surface area contributed by atoms with Gasteiger partial charge < -0.3 is 25.3 Å². The van der Waals surface area contributed by atoms with Crippen molar-refractivity contribution >= 4 is 51.7 Å². The summed E-state index contributed by atoms with van der Waals surface area (Å²) in [5.74, 6) is -0.593. The van der Waals surface area contributed by atoms with Crippen LogP contribution in [0.3, 0.4) is 0 Å². The fourth-order valence-corrected chi connectivity index (χ4v) is 4.93. The summed E-state index contributed by atoms with van der Waals surface area (Å²) < 4.78 is 21.1. The number of nitrogens with zero attached hydrogens (tertiary/aromatic N) is 3. The number of aryl methyl sites for hydroxylation is 1. The van der Waals surface area contributed by atoms with E-state index in [1.165, 1.54) is 23.1 Å². The largest absolute Gasteiger partial charge is 0.466 e. The minimum Gasteiger partial charge on any atom is -0.466 e. The third-order valence-corrected chi connectivity index (χ3v) is 7.30. The van der Waals surface area contributed by atoms with Crippen molar-refractivity contribution in [1.82, 2.24) is 9.55 Å². The number of aromatic nitrogens is 2. The van der Waals surface area contributed by atoms with E-state index in [1.807, 2.05) is 18.2 Å². The zero-order valence-electron chi connectivity index (χ0n) is 24.3. The zero-order valence-corrected chi connectivity index (χ0v) is 25.1. The van der Waals surface area contributed by atoms with Gasteiger partial charge in [0.15, 0.2) is 0 Å². The fraction of sp³-hybridized carbons (Fsp3) is 0.312. The molecule has 0 spiro atoms. The number of unbranched alkanes of at least 4 members (excludes halogenated alkanes) is 2. The smallest absolute Gasteiger partial charge is 0.307 e. The van der Waals surface area contributed by atoms with E-state index in [0.717, 1.165) is 42.8 Å². The molecule has 43 heavy (non-hydrogen) atoms. The van der Waals surface area contributed by atoms with E-state index >= 15 is 0 Å². The van der Waals surface area contributed by atoms with Crippen LogP contribution in [-0.2, 0) is 22.6 Å². The molecule has 4 aromatic rings. The van der Waals surface area contributed by atoms with Gasteiger partial charge in [-0.15, -0.1) is 0 Å². The monoisotopic (exact) mass is 606 g/mol. The van der Waals surface area contributed by atoms with Gasteiger partial charge in [-0.05, 0) is 74.0 Å². The van der Waals surface area contributed by atoms with E-state index in [1.54, 1.807) is 31.2 Å². The summed E-state index contributed by atoms with van der Waals surface area (Å²) >= 11 is 6.03. The number of carbonyl (C=O) groups is 2. The highest BCUT2D eigenvalue weighted by atomic mass is 35.5. The second-order valence-corrected chi connectivity index (χ2v) is 10.5. The van der Waals surface area contributed by atoms with E-state index in [4.69, 9.17) is 32.5 Å². The quantitative estimate of drug-likeness (QED) is 0.0649. The number of amides is 1. The van der Waals surface area contributed by atoms with Crippen LogP contribution in [0.25, 0.3) is 11.0 Å². The molecule has 0 saturated heterocycles. The third kappa shape index (κ3) is 7.90. The lowest BCUT2D eigenvalue weighted by atomic mass is 10.1. The van der Waals surface area contributed by atoms with Gasteiger partial charge in [-0.2, -0.15) is 0 Å². The molecule has 0 fully saturated rings. The number of hydrogen-bond acceptors (Lipinski definition) is 6. The van der Waals surface area contributed by atoms with Crippen molar-refractivity contribution in [2.45, 2.75) is 52.6 Å². The van der Waals surface area contributed by atoms with Crippen molar-refractivity contribution in [3.63, 3.8) is 0 Å². The SMILES string of the molecule is CCCCCn1c(CNc2ccc(C(=N)N)cc2)nc2cc(C(=O)N(CCC(=O)OCC)c3ccc(F)c(Cl)c3)ccc21. The topological polar surface area (TPSA) is 126 Å². The van der Waals surface area contributed by atoms with Crippen LogP contribution in [0, 0.1) is 11.2 Å². The molecule has 4 N–H and O–H groups in total. The maximum Gasteiger partial charge on any atom is 0.307 e. The van der Waals surface area contributed by atoms with E-state index in [9.17, 15) is 14.0 Å². The molecule has 1 aromatic heterocycles. The molecule has 0 aliphatic carbocycles. The lowest BCUT2D eigenvalue weighted by molar-refractivity contribution is -0.142. The van der Waals surface area contributed by atoms with Gasteiger partial charge in [-0.1, -0.05) is 31.4 Å². The lowest BCUT2D eigenvalue weighted by Gasteiger charge is -2.23. The minimum absolute atomic E-state index is 0.0107. The number of imidazole rings is 1. The van der Waals surface area contributed by atoms with Gasteiger partial charge in [0.2, 0.25) is 0 Å². The third-order valence-electron chi connectivity index (χ3n) is 7.01. The van der Waals surface area contributed by atoms with Crippen LogP contribution < -0.4 is 16.0 Å². The van der Waals surface area contributed by atoms with Crippen LogP contribution in [0.1, 0.15) is 61.3 Å². The number of amidine groups is 1. The summed E-state index contributed by atoms with van der Waals surface area (Å²) in [6.07, 6.45) is 3.10. The number of esters is 1. The molecule has 226 valence electrons. The van der Waals surface area contributed by atoms with Crippen molar-refractivity contribution in [2.75, 3.05) is 23.4 Å². The second kappa shape index (κ2) is 14.6. The van der Waals surface area contributed by atoms with Crippen molar-refractivity contribution < 1.29 is 18.7 Å². The van der Waals surface area contributed by atoms with Gasteiger partial charge in [0.05, 0.1) is 35.6 Å². The minimum atomic E-state index is -0.603. The van der Waals surface area contributed by atoms with Gasteiger partial charge in [0.25, 0.3) is 5.91 Å². The molecule has 1 heterocycles. The normalized spacial score (nSPS) is 11.0. The Bertz CT molecular complexity index is 1600. The molecule has 9 nitrogen and oxygen atoms in total. The average Bonchev–Trinajstić information content (AvgIpc) is 3.34. The molecule has 0 bridgehead atoms. The van der Waals surface area contributed by atoms with Gasteiger partial charge in [0, 0.05) is 35.6 Å². The Kier molecular flexibility index (Phi) is 10.7. The van der Waals surface area contributed by atoms with E-state index in [2.05, 4.69) is 16.8 Å². The predicted octanol–water partition coefficient (Wildman–Crippen LogP) is 6.52. The van der Waals surface area contributed by atoms with Crippen LogP contribution in [0.5, 0.6) is 0 Å². The number of nitrogen functional groups attached to an aromatic ring is 1. The Hall–Kier alpha value is -4.44. The number of anilines is 2. The van der Waals surface area contributed by atoms with Gasteiger partial charge in [-0.3, -0.25) is 15.0 Å². The predicted molar refractivity (Wildman–Crippen MR) is 168 cm³/mol. The molecule has 11 heteroatoms. The van der Waals surface area contributed by atoms with Gasteiger partial charge in [-0.25, -0.2) is 9.37 Å². The summed E-state index contributed by atoms with van der Waals surface area (Å²) in [6.45, 7) is 5.35. The van der Waals surface area contributed by atoms with Crippen LogP contribution in [0.15, 0.2) is 60.7 Å². The van der Waals surface area contributed by atoms with Crippen LogP contribution in [0.2, 0.25) is 5.02 Å². The number of benzene rings is 3. The summed E-state index contributed by atoms with van der Waals surface area (Å²) in [6, 6.07) is 16.7. The van der Waals surface area contributed by atoms with Crippen molar-refractivity contribution in [1.29, 1.82) is 5.41 Å². The van der Waals surface area contributed by atoms with Crippen LogP contribution >= 0.6 is 11.6 Å². The number of carbonyl (C=O) groups excluding carboxylic acids is 2. The Morgan fingerprint density at radius 3 is 2.49 bits per heavy atom. The summed E-state index contributed by atoms with van der Waals surface area (Å²) in [7, 11) is 0. The Labute approximate surface area is 255 Å². The fourth-order valence-electron chi connectivity index (χ4n) is 4.76. The average molecular weight is 607 g/mol. The molecule has 0 aliphatic heterocycles. The Morgan fingerprint density at radius 2 is 1.81 bits per heavy atom. The number of rotatable bonds is 14. The van der Waals surface area contributed by atoms with Crippen molar-refractivity contribution in [2.24, 2.45) is 5.73 Å². The lowest BCUT2D eigenvalue weighted by Crippen LogP contribution is -2.33. The number of hydrogen-bond donors (Lipinski definition) is 3. The number of nitrogens with one attached hydrogen (secondary N) is 2. The first-order chi connectivity index (χ1) is 20.7. The standard InChI is InChI=1S/C32H36ClFN6O3/c1-3-5-6-16-40-28-14-9-22(18-27(28)38-29(40)20-37-23-10-7-21(8-11-23)31(35)36)32(42)39(17-15-30(41)43-4-2)24-12-13-26(34)25(33)19-24/h7-14,18-19,37H,3-6,15-17,20H2,1-2H3,(H3,35,36). The molecular formula is C32H36ClFN6O3. The van der Waals surface area contributed by atoms with Gasteiger partial charge in [0.1, 0.15) is 17.5 Å². The summed E-state index contributed by atoms with van der Waals surface area (Å²) in [5, 5.41) is 10.9. The number of ether oxygens (including phenoxy) is 1. The molecule has 0 aliphatic rings. The molecule has 4 rings (SSSR count). The highest BCUT2D eigenvalue weighted by Crippen LogP contribution is 2.26. The zero-order chi connectivity index (χ0) is 30.9. The highest BCUT2D eigenvalue weighted by molar-refractivity contribution is 6.31. The van der Waals surface area contributed by atoms with Crippen LogP contribution in [0.4, 0.5) is 15.8 Å². The molecule has 0 saturated carbocycles. The highest BCUT2D eigenvalue weighted by Gasteiger charge is 2.22.